The molecule has 1 aromatic carbocycles. The number of benzene rings is 1. The van der Waals surface area contributed by atoms with E-state index >= 15 is 0 Å². The van der Waals surface area contributed by atoms with Gasteiger partial charge in [-0.25, -0.2) is 0 Å². The smallest absolute Gasteiger partial charge is 0.231 e. The maximum atomic E-state index is 5.39. The third-order valence-corrected chi connectivity index (χ3v) is 3.22. The summed E-state index contributed by atoms with van der Waals surface area (Å²) in [6, 6.07) is 3.99. The molecule has 88 valence electrons. The minimum Gasteiger partial charge on any atom is -0.454 e. The van der Waals surface area contributed by atoms with Crippen molar-refractivity contribution in [2.75, 3.05) is 12.1 Å². The SMILES string of the molecule is C1=CC(=C2C=Cc3cc4c(cc3N2)OCO4)C=C1. The summed E-state index contributed by atoms with van der Waals surface area (Å²) in [5.41, 5.74) is 4.47. The van der Waals surface area contributed by atoms with Gasteiger partial charge >= 0.3 is 0 Å². The van der Waals surface area contributed by atoms with Gasteiger partial charge < -0.3 is 14.8 Å². The zero-order chi connectivity index (χ0) is 11.9. The lowest BCUT2D eigenvalue weighted by Crippen LogP contribution is -2.04. The molecule has 0 fully saturated rings. The third-order valence-electron chi connectivity index (χ3n) is 3.22. The Balaban J connectivity index is 1.80. The van der Waals surface area contributed by atoms with Gasteiger partial charge in [0.25, 0.3) is 0 Å². The largest absolute Gasteiger partial charge is 0.454 e. The fourth-order valence-electron chi connectivity index (χ4n) is 2.29. The zero-order valence-corrected chi connectivity index (χ0v) is 9.64. The van der Waals surface area contributed by atoms with Gasteiger partial charge in [-0.1, -0.05) is 30.4 Å². The van der Waals surface area contributed by atoms with Crippen molar-refractivity contribution in [3.8, 4) is 11.5 Å². The third kappa shape index (κ3) is 1.37. The summed E-state index contributed by atoms with van der Waals surface area (Å²) in [5.74, 6) is 1.62. The summed E-state index contributed by atoms with van der Waals surface area (Å²) in [6.07, 6.45) is 12.4. The van der Waals surface area contributed by atoms with Crippen LogP contribution in [-0.2, 0) is 0 Å². The Kier molecular flexibility index (Phi) is 1.88. The van der Waals surface area contributed by atoms with Gasteiger partial charge in [0, 0.05) is 23.0 Å². The highest BCUT2D eigenvalue weighted by molar-refractivity contribution is 5.79. The number of allylic oxidation sites excluding steroid dienone is 6. The summed E-state index contributed by atoms with van der Waals surface area (Å²) in [4.78, 5) is 0. The van der Waals surface area contributed by atoms with Crippen LogP contribution in [0.3, 0.4) is 0 Å². The van der Waals surface area contributed by atoms with Crippen LogP contribution in [0.25, 0.3) is 6.08 Å². The van der Waals surface area contributed by atoms with Gasteiger partial charge in [-0.2, -0.15) is 0 Å². The molecule has 18 heavy (non-hydrogen) atoms. The molecular weight excluding hydrogens is 226 g/mol. The van der Waals surface area contributed by atoms with E-state index in [1.165, 1.54) is 5.57 Å². The van der Waals surface area contributed by atoms with Crippen molar-refractivity contribution in [3.05, 3.63) is 59.3 Å². The Morgan fingerprint density at radius 3 is 2.50 bits per heavy atom. The summed E-state index contributed by atoms with van der Waals surface area (Å²) in [6.45, 7) is 0.307. The molecule has 4 rings (SSSR count). The van der Waals surface area contributed by atoms with E-state index in [4.69, 9.17) is 9.47 Å². The predicted molar refractivity (Wildman–Crippen MR) is 70.5 cm³/mol. The topological polar surface area (TPSA) is 30.5 Å². The van der Waals surface area contributed by atoms with Crippen LogP contribution in [0.4, 0.5) is 5.69 Å². The molecular formula is C15H11NO2. The highest BCUT2D eigenvalue weighted by Crippen LogP contribution is 2.39. The van der Waals surface area contributed by atoms with Crippen LogP contribution in [0, 0.1) is 0 Å². The first kappa shape index (κ1) is 9.59. The number of fused-ring (bicyclic) bond motifs is 2. The minimum atomic E-state index is 0.307. The number of hydrogen-bond donors (Lipinski definition) is 1. The summed E-state index contributed by atoms with van der Waals surface area (Å²) < 4.78 is 10.8. The van der Waals surface area contributed by atoms with E-state index in [-0.39, 0.29) is 0 Å². The molecule has 3 heteroatoms. The first-order valence-electron chi connectivity index (χ1n) is 5.88. The Morgan fingerprint density at radius 1 is 0.889 bits per heavy atom. The maximum Gasteiger partial charge on any atom is 0.231 e. The Bertz CT molecular complexity index is 637. The van der Waals surface area contributed by atoms with Crippen molar-refractivity contribution in [2.45, 2.75) is 0 Å². The number of hydrogen-bond acceptors (Lipinski definition) is 3. The van der Waals surface area contributed by atoms with E-state index in [0.29, 0.717) is 6.79 Å². The van der Waals surface area contributed by atoms with Crippen LogP contribution in [0.15, 0.2) is 53.8 Å². The standard InChI is InChI=1S/C15H11NO2/c1-2-4-10(3-1)12-6-5-11-7-14-15(18-9-17-14)8-13(11)16-12/h1-8,16H,9H2. The van der Waals surface area contributed by atoms with Crippen molar-refractivity contribution < 1.29 is 9.47 Å². The van der Waals surface area contributed by atoms with Gasteiger partial charge in [0.05, 0.1) is 0 Å². The van der Waals surface area contributed by atoms with Crippen LogP contribution >= 0.6 is 0 Å². The fraction of sp³-hybridized carbons (Fsp3) is 0.0667. The fourth-order valence-corrected chi connectivity index (χ4v) is 2.29. The average Bonchev–Trinajstić information content (AvgIpc) is 3.06. The van der Waals surface area contributed by atoms with Crippen LogP contribution in [0.1, 0.15) is 5.56 Å². The normalized spacial score (nSPS) is 18.2. The van der Waals surface area contributed by atoms with Crippen LogP contribution in [0.5, 0.6) is 11.5 Å². The second kappa shape index (κ2) is 3.53. The van der Waals surface area contributed by atoms with Gasteiger partial charge in [0.2, 0.25) is 6.79 Å². The maximum absolute atomic E-state index is 5.39. The van der Waals surface area contributed by atoms with E-state index in [1.54, 1.807) is 0 Å². The summed E-state index contributed by atoms with van der Waals surface area (Å²) >= 11 is 0. The number of rotatable bonds is 0. The molecule has 0 saturated carbocycles. The number of anilines is 1. The summed E-state index contributed by atoms with van der Waals surface area (Å²) in [7, 11) is 0. The van der Waals surface area contributed by atoms with Crippen molar-refractivity contribution >= 4 is 11.8 Å². The molecule has 0 atom stereocenters. The van der Waals surface area contributed by atoms with Gasteiger partial charge in [-0.15, -0.1) is 0 Å². The molecule has 0 saturated heterocycles. The lowest BCUT2D eigenvalue weighted by Gasteiger charge is -2.17. The number of ether oxygens (including phenoxy) is 2. The van der Waals surface area contributed by atoms with Crippen molar-refractivity contribution in [1.82, 2.24) is 0 Å². The van der Waals surface area contributed by atoms with Crippen molar-refractivity contribution in [2.24, 2.45) is 0 Å². The van der Waals surface area contributed by atoms with Crippen LogP contribution < -0.4 is 14.8 Å². The molecule has 0 aromatic heterocycles. The molecule has 0 amide bonds. The van der Waals surface area contributed by atoms with Gasteiger partial charge in [0.15, 0.2) is 11.5 Å². The van der Waals surface area contributed by atoms with Crippen LogP contribution in [0.2, 0.25) is 0 Å². The summed E-state index contributed by atoms with van der Waals surface area (Å²) in [5, 5.41) is 3.42. The molecule has 0 spiro atoms. The molecule has 0 bridgehead atoms. The van der Waals surface area contributed by atoms with Gasteiger partial charge in [-0.05, 0) is 17.7 Å². The van der Waals surface area contributed by atoms with E-state index < -0.39 is 0 Å². The first-order chi connectivity index (χ1) is 8.90. The molecule has 1 aliphatic carbocycles. The quantitative estimate of drug-likeness (QED) is 0.751. The number of nitrogens with one attached hydrogen (secondary N) is 1. The highest BCUT2D eigenvalue weighted by atomic mass is 16.7. The van der Waals surface area contributed by atoms with E-state index in [2.05, 4.69) is 29.6 Å². The Labute approximate surface area is 105 Å². The molecule has 3 nitrogen and oxygen atoms in total. The lowest BCUT2D eigenvalue weighted by atomic mass is 10.0. The van der Waals surface area contributed by atoms with E-state index in [1.807, 2.05) is 24.3 Å². The van der Waals surface area contributed by atoms with Crippen LogP contribution in [-0.4, -0.2) is 6.79 Å². The highest BCUT2D eigenvalue weighted by Gasteiger charge is 2.18. The molecule has 0 radical (unpaired) electrons. The molecule has 3 aliphatic rings. The van der Waals surface area contributed by atoms with E-state index in [9.17, 15) is 0 Å². The predicted octanol–water partition coefficient (Wildman–Crippen LogP) is 3.23. The molecule has 0 unspecified atom stereocenters. The average molecular weight is 237 g/mol. The molecule has 2 aliphatic heterocycles. The zero-order valence-electron chi connectivity index (χ0n) is 9.64. The molecule has 1 N–H and O–H groups in total. The second-order valence-electron chi connectivity index (χ2n) is 4.34. The molecule has 1 aromatic rings. The van der Waals surface area contributed by atoms with Gasteiger partial charge in [-0.3, -0.25) is 0 Å². The second-order valence-corrected chi connectivity index (χ2v) is 4.34. The monoisotopic (exact) mass is 237 g/mol. The van der Waals surface area contributed by atoms with Crippen molar-refractivity contribution in [1.29, 1.82) is 0 Å². The Hall–Kier alpha value is -2.42. The lowest BCUT2D eigenvalue weighted by molar-refractivity contribution is 0.174. The molecule has 2 heterocycles. The Morgan fingerprint density at radius 2 is 1.67 bits per heavy atom. The van der Waals surface area contributed by atoms with Crippen molar-refractivity contribution in [3.63, 3.8) is 0 Å². The van der Waals surface area contributed by atoms with E-state index in [0.717, 1.165) is 28.4 Å². The first-order valence-corrected chi connectivity index (χ1v) is 5.88. The van der Waals surface area contributed by atoms with Gasteiger partial charge in [0.1, 0.15) is 0 Å². The minimum absolute atomic E-state index is 0.307.